The van der Waals surface area contributed by atoms with Gasteiger partial charge in [0.05, 0.1) is 0 Å². The first-order valence-electron chi connectivity index (χ1n) is 6.06. The largest absolute Gasteiger partial charge is 0.339 e. The van der Waals surface area contributed by atoms with Gasteiger partial charge in [0.15, 0.2) is 0 Å². The molecule has 0 heterocycles. The summed E-state index contributed by atoms with van der Waals surface area (Å²) < 4.78 is 0. The van der Waals surface area contributed by atoms with E-state index in [-0.39, 0.29) is 5.91 Å². The Hall–Kier alpha value is -1.55. The van der Waals surface area contributed by atoms with Crippen molar-refractivity contribution in [3.8, 4) is 0 Å². The van der Waals surface area contributed by atoms with Crippen LogP contribution in [0.3, 0.4) is 0 Å². The predicted octanol–water partition coefficient (Wildman–Crippen LogP) is 1.99. The van der Waals surface area contributed by atoms with Gasteiger partial charge in [-0.05, 0) is 37.1 Å². The molecular weight excluding hydrogens is 214 g/mol. The Labute approximate surface area is 102 Å². The molecule has 4 heteroatoms. The monoisotopic (exact) mass is 233 g/mol. The molecule has 1 aliphatic rings. The highest BCUT2D eigenvalue weighted by molar-refractivity contribution is 5.94. The average Bonchev–Trinajstić information content (AvgIpc) is 2.91. The molecule has 0 saturated heterocycles. The van der Waals surface area contributed by atoms with Crippen molar-refractivity contribution in [1.29, 1.82) is 0 Å². The zero-order valence-electron chi connectivity index (χ0n) is 10.1. The van der Waals surface area contributed by atoms with Crippen molar-refractivity contribution < 1.29 is 4.79 Å². The third kappa shape index (κ3) is 2.58. The zero-order valence-corrected chi connectivity index (χ0v) is 10.1. The molecule has 0 spiro atoms. The van der Waals surface area contributed by atoms with E-state index in [0.29, 0.717) is 6.04 Å². The van der Waals surface area contributed by atoms with E-state index < -0.39 is 0 Å². The molecule has 0 atom stereocenters. The Balaban J connectivity index is 2.07. The summed E-state index contributed by atoms with van der Waals surface area (Å²) in [5.41, 5.74) is 4.08. The van der Waals surface area contributed by atoms with Crippen LogP contribution < -0.4 is 11.3 Å². The number of hydrogen-bond acceptors (Lipinski definition) is 3. The van der Waals surface area contributed by atoms with Crippen LogP contribution in [-0.2, 0) is 0 Å². The highest BCUT2D eigenvalue weighted by atomic mass is 16.2. The molecule has 1 aromatic rings. The maximum Gasteiger partial charge on any atom is 0.253 e. The minimum Gasteiger partial charge on any atom is -0.339 e. The average molecular weight is 233 g/mol. The fourth-order valence-electron chi connectivity index (χ4n) is 2.37. The Morgan fingerprint density at radius 3 is 2.41 bits per heavy atom. The smallest absolute Gasteiger partial charge is 0.253 e. The van der Waals surface area contributed by atoms with Gasteiger partial charge in [-0.1, -0.05) is 12.8 Å². The number of rotatable bonds is 3. The minimum atomic E-state index is 0.0977. The number of nitrogens with zero attached hydrogens (tertiary/aromatic N) is 1. The summed E-state index contributed by atoms with van der Waals surface area (Å²) in [6, 6.07) is 7.66. The van der Waals surface area contributed by atoms with Gasteiger partial charge in [0.1, 0.15) is 0 Å². The van der Waals surface area contributed by atoms with Crippen molar-refractivity contribution in [2.45, 2.75) is 31.7 Å². The van der Waals surface area contributed by atoms with Crippen molar-refractivity contribution in [2.75, 3.05) is 12.5 Å². The van der Waals surface area contributed by atoms with E-state index >= 15 is 0 Å². The van der Waals surface area contributed by atoms with Crippen LogP contribution in [0.15, 0.2) is 24.3 Å². The lowest BCUT2D eigenvalue weighted by Gasteiger charge is -2.24. The molecule has 17 heavy (non-hydrogen) atoms. The van der Waals surface area contributed by atoms with Gasteiger partial charge >= 0.3 is 0 Å². The van der Waals surface area contributed by atoms with Gasteiger partial charge in [0.2, 0.25) is 0 Å². The number of carbonyl (C=O) groups is 1. The Morgan fingerprint density at radius 1 is 1.29 bits per heavy atom. The number of amides is 1. The number of nitrogens with one attached hydrogen (secondary N) is 1. The summed E-state index contributed by atoms with van der Waals surface area (Å²) in [5, 5.41) is 0. The third-order valence-electron chi connectivity index (χ3n) is 3.49. The van der Waals surface area contributed by atoms with Gasteiger partial charge < -0.3 is 10.3 Å². The van der Waals surface area contributed by atoms with Crippen molar-refractivity contribution in [3.63, 3.8) is 0 Å². The quantitative estimate of drug-likeness (QED) is 0.620. The van der Waals surface area contributed by atoms with Crippen LogP contribution in [0.1, 0.15) is 36.0 Å². The molecule has 1 aromatic carbocycles. The number of benzene rings is 1. The molecule has 4 nitrogen and oxygen atoms in total. The van der Waals surface area contributed by atoms with Crippen LogP contribution in [0.5, 0.6) is 0 Å². The maximum absolute atomic E-state index is 12.2. The first kappa shape index (κ1) is 11.9. The lowest BCUT2D eigenvalue weighted by Crippen LogP contribution is -2.35. The first-order valence-corrected chi connectivity index (χ1v) is 6.06. The van der Waals surface area contributed by atoms with Crippen LogP contribution in [-0.4, -0.2) is 23.9 Å². The van der Waals surface area contributed by atoms with Crippen molar-refractivity contribution in [1.82, 2.24) is 4.90 Å². The SMILES string of the molecule is CN(C(=O)c1ccc(NN)cc1)C1CCCC1. The molecule has 0 unspecified atom stereocenters. The maximum atomic E-state index is 12.2. The van der Waals surface area contributed by atoms with Crippen LogP contribution in [0.4, 0.5) is 5.69 Å². The van der Waals surface area contributed by atoms with Crippen molar-refractivity contribution in [2.24, 2.45) is 5.84 Å². The lowest BCUT2D eigenvalue weighted by molar-refractivity contribution is 0.0735. The Kier molecular flexibility index (Phi) is 3.64. The van der Waals surface area contributed by atoms with Crippen molar-refractivity contribution >= 4 is 11.6 Å². The fourth-order valence-corrected chi connectivity index (χ4v) is 2.37. The summed E-state index contributed by atoms with van der Waals surface area (Å²) >= 11 is 0. The van der Waals surface area contributed by atoms with E-state index in [1.165, 1.54) is 12.8 Å². The Bertz CT molecular complexity index is 382. The fraction of sp³-hybridized carbons (Fsp3) is 0.462. The van der Waals surface area contributed by atoms with E-state index in [4.69, 9.17) is 5.84 Å². The molecule has 1 fully saturated rings. The number of nitrogen functional groups attached to an aromatic ring is 1. The highest BCUT2D eigenvalue weighted by Gasteiger charge is 2.23. The molecule has 2 rings (SSSR count). The van der Waals surface area contributed by atoms with Gasteiger partial charge in [0.25, 0.3) is 5.91 Å². The second-order valence-corrected chi connectivity index (χ2v) is 4.58. The molecule has 3 N–H and O–H groups in total. The second-order valence-electron chi connectivity index (χ2n) is 4.58. The molecule has 1 saturated carbocycles. The molecule has 92 valence electrons. The molecule has 0 radical (unpaired) electrons. The van der Waals surface area contributed by atoms with Crippen LogP contribution in [0.25, 0.3) is 0 Å². The van der Waals surface area contributed by atoms with Gasteiger partial charge in [-0.3, -0.25) is 10.6 Å². The highest BCUT2D eigenvalue weighted by Crippen LogP contribution is 2.23. The zero-order chi connectivity index (χ0) is 12.3. The normalized spacial score (nSPS) is 15.9. The number of hydrogen-bond donors (Lipinski definition) is 2. The van der Waals surface area contributed by atoms with E-state index in [9.17, 15) is 4.79 Å². The van der Waals surface area contributed by atoms with Crippen LogP contribution in [0.2, 0.25) is 0 Å². The van der Waals surface area contributed by atoms with Crippen LogP contribution in [0, 0.1) is 0 Å². The van der Waals surface area contributed by atoms with Crippen LogP contribution >= 0.6 is 0 Å². The van der Waals surface area contributed by atoms with E-state index in [0.717, 1.165) is 24.1 Å². The number of anilines is 1. The molecule has 0 bridgehead atoms. The number of nitrogens with two attached hydrogens (primary N) is 1. The lowest BCUT2D eigenvalue weighted by atomic mass is 10.1. The Morgan fingerprint density at radius 2 is 1.88 bits per heavy atom. The van der Waals surface area contributed by atoms with Gasteiger partial charge in [-0.2, -0.15) is 0 Å². The molecule has 0 aliphatic heterocycles. The predicted molar refractivity (Wildman–Crippen MR) is 68.6 cm³/mol. The third-order valence-corrected chi connectivity index (χ3v) is 3.49. The van der Waals surface area contributed by atoms with Gasteiger partial charge in [-0.25, -0.2) is 0 Å². The standard InChI is InChI=1S/C13H19N3O/c1-16(12-4-2-3-5-12)13(17)10-6-8-11(15-14)9-7-10/h6-9,12,15H,2-5,14H2,1H3. The second kappa shape index (κ2) is 5.19. The summed E-state index contributed by atoms with van der Waals surface area (Å²) in [4.78, 5) is 14.1. The van der Waals surface area contributed by atoms with Crippen molar-refractivity contribution in [3.05, 3.63) is 29.8 Å². The summed E-state index contributed by atoms with van der Waals surface area (Å²) in [5.74, 6) is 5.39. The van der Waals surface area contributed by atoms with Gasteiger partial charge in [-0.15, -0.1) is 0 Å². The first-order chi connectivity index (χ1) is 8.22. The molecule has 1 aliphatic carbocycles. The summed E-state index contributed by atoms with van der Waals surface area (Å²) in [7, 11) is 1.90. The number of hydrazine groups is 1. The molecular formula is C13H19N3O. The van der Waals surface area contributed by atoms with Gasteiger partial charge in [0, 0.05) is 24.3 Å². The number of carbonyl (C=O) groups excluding carboxylic acids is 1. The minimum absolute atomic E-state index is 0.0977. The summed E-state index contributed by atoms with van der Waals surface area (Å²) in [6.07, 6.45) is 4.73. The van der Waals surface area contributed by atoms with E-state index in [1.54, 1.807) is 0 Å². The molecule has 1 amide bonds. The molecule has 0 aromatic heterocycles. The van der Waals surface area contributed by atoms with E-state index in [2.05, 4.69) is 5.43 Å². The van der Waals surface area contributed by atoms with E-state index in [1.807, 2.05) is 36.2 Å². The topological polar surface area (TPSA) is 58.4 Å². The summed E-state index contributed by atoms with van der Waals surface area (Å²) in [6.45, 7) is 0.